The summed E-state index contributed by atoms with van der Waals surface area (Å²) in [6.45, 7) is 6.45. The van der Waals surface area contributed by atoms with Gasteiger partial charge in [0.15, 0.2) is 6.10 Å². The van der Waals surface area contributed by atoms with Crippen molar-refractivity contribution in [2.24, 2.45) is 0 Å². The highest BCUT2D eigenvalue weighted by Gasteiger charge is 2.19. The summed E-state index contributed by atoms with van der Waals surface area (Å²) in [7, 11) is 0. The molecule has 0 aromatic carbocycles. The standard InChI is InChI=1S/C75H126O6/c1-4-7-10-13-16-19-22-25-28-31-34-35-36-37-38-39-42-44-47-50-53-56-59-62-65-68-74(77)80-71-72(81-75(78)69-66-63-60-57-54-51-48-45-41-33-30-27-24-21-18-15-12-9-6-3)70-79-73(76)67-64-61-58-55-52-49-46-43-40-32-29-26-23-20-17-14-11-8-5-2/h9,12,17-18,20-22,25-27,29-31,34,41,45,51,54,60,63,72H,4-8,10-11,13-16,19,23-24,28,32-33,35-40,42-44,46-50,52-53,55-59,61-62,64-71H2,1-3H3/b12-9-,20-17-,21-18-,25-22-,29-26-,30-27-,34-31-,45-41-,54-51-,63-60-. The molecule has 0 aliphatic carbocycles. The number of hydrogen-bond acceptors (Lipinski definition) is 6. The van der Waals surface area contributed by atoms with E-state index in [2.05, 4.69) is 136 Å². The van der Waals surface area contributed by atoms with Crippen LogP contribution in [-0.4, -0.2) is 37.2 Å². The SMILES string of the molecule is CC/C=C\C/C=C\C/C=C\C/C=C\C/C=C\C/C=C\CCC(=O)OC(COC(=O)CCCCCCCCCCC/C=C\C/C=C\CCCCC)COC(=O)CCCCCCCCCCCCCCC/C=C\C/C=C\CCCCCCC. The van der Waals surface area contributed by atoms with Crippen LogP contribution in [0, 0.1) is 0 Å². The lowest BCUT2D eigenvalue weighted by Gasteiger charge is -2.18. The summed E-state index contributed by atoms with van der Waals surface area (Å²) in [5.41, 5.74) is 0. The highest BCUT2D eigenvalue weighted by molar-refractivity contribution is 5.71. The second kappa shape index (κ2) is 68.3. The molecule has 0 aliphatic rings. The maximum Gasteiger partial charge on any atom is 0.306 e. The van der Waals surface area contributed by atoms with Crippen molar-refractivity contribution in [1.82, 2.24) is 0 Å². The minimum Gasteiger partial charge on any atom is -0.462 e. The normalized spacial score (nSPS) is 12.9. The van der Waals surface area contributed by atoms with Crippen LogP contribution in [-0.2, 0) is 28.6 Å². The van der Waals surface area contributed by atoms with Gasteiger partial charge in [-0.05, 0) is 122 Å². The minimum absolute atomic E-state index is 0.111. The summed E-state index contributed by atoms with van der Waals surface area (Å²) in [6, 6.07) is 0. The number of rotatable bonds is 61. The van der Waals surface area contributed by atoms with Crippen molar-refractivity contribution < 1.29 is 28.6 Å². The van der Waals surface area contributed by atoms with E-state index in [0.717, 1.165) is 89.9 Å². The summed E-state index contributed by atoms with van der Waals surface area (Å²) >= 11 is 0. The Kier molecular flexibility index (Phi) is 64.8. The minimum atomic E-state index is -0.825. The van der Waals surface area contributed by atoms with E-state index in [4.69, 9.17) is 14.2 Å². The average molecular weight is 1120 g/mol. The second-order valence-electron chi connectivity index (χ2n) is 22.3. The maximum atomic E-state index is 12.9. The van der Waals surface area contributed by atoms with E-state index < -0.39 is 12.1 Å². The second-order valence-corrected chi connectivity index (χ2v) is 22.3. The van der Waals surface area contributed by atoms with E-state index in [1.807, 2.05) is 6.08 Å². The van der Waals surface area contributed by atoms with Crippen molar-refractivity contribution in [2.75, 3.05) is 13.2 Å². The van der Waals surface area contributed by atoms with Crippen LogP contribution < -0.4 is 0 Å². The number of ether oxygens (including phenoxy) is 3. The summed E-state index contributed by atoms with van der Waals surface area (Å²) < 4.78 is 16.9. The third-order valence-corrected chi connectivity index (χ3v) is 14.4. The molecule has 0 amide bonds. The molecule has 81 heavy (non-hydrogen) atoms. The van der Waals surface area contributed by atoms with E-state index in [9.17, 15) is 14.4 Å². The fraction of sp³-hybridized carbons (Fsp3) is 0.693. The lowest BCUT2D eigenvalue weighted by Crippen LogP contribution is -2.30. The van der Waals surface area contributed by atoms with Crippen LogP contribution in [0.3, 0.4) is 0 Å². The fourth-order valence-electron chi connectivity index (χ4n) is 9.35. The molecule has 0 rings (SSSR count). The van der Waals surface area contributed by atoms with Gasteiger partial charge in [0, 0.05) is 19.3 Å². The van der Waals surface area contributed by atoms with Gasteiger partial charge in [0.2, 0.25) is 0 Å². The summed E-state index contributed by atoms with van der Waals surface area (Å²) in [4.78, 5) is 38.4. The van der Waals surface area contributed by atoms with Gasteiger partial charge in [0.1, 0.15) is 13.2 Å². The molecule has 0 fully saturated rings. The Morgan fingerprint density at radius 2 is 0.506 bits per heavy atom. The topological polar surface area (TPSA) is 78.9 Å². The third-order valence-electron chi connectivity index (χ3n) is 14.4. The number of carbonyl (C=O) groups is 3. The molecule has 0 N–H and O–H groups in total. The maximum absolute atomic E-state index is 12.9. The zero-order valence-corrected chi connectivity index (χ0v) is 53.0. The Morgan fingerprint density at radius 1 is 0.259 bits per heavy atom. The van der Waals surface area contributed by atoms with Gasteiger partial charge >= 0.3 is 17.9 Å². The first-order valence-corrected chi connectivity index (χ1v) is 34.0. The lowest BCUT2D eigenvalue weighted by molar-refractivity contribution is -0.166. The number of carbonyl (C=O) groups excluding carboxylic acids is 3. The van der Waals surface area contributed by atoms with Crippen LogP contribution in [0.15, 0.2) is 122 Å². The van der Waals surface area contributed by atoms with E-state index in [0.29, 0.717) is 19.3 Å². The van der Waals surface area contributed by atoms with Gasteiger partial charge in [0.05, 0.1) is 0 Å². The van der Waals surface area contributed by atoms with Crippen molar-refractivity contribution >= 4 is 17.9 Å². The molecule has 0 spiro atoms. The first-order valence-electron chi connectivity index (χ1n) is 34.0. The highest BCUT2D eigenvalue weighted by atomic mass is 16.6. The molecule has 0 bridgehead atoms. The molecule has 0 saturated heterocycles. The summed E-state index contributed by atoms with van der Waals surface area (Å²) in [5, 5.41) is 0. The molecule has 0 aromatic rings. The van der Waals surface area contributed by atoms with Crippen LogP contribution in [0.1, 0.15) is 316 Å². The molecule has 1 unspecified atom stereocenters. The van der Waals surface area contributed by atoms with Gasteiger partial charge in [-0.2, -0.15) is 0 Å². The van der Waals surface area contributed by atoms with E-state index in [-0.39, 0.29) is 31.6 Å². The van der Waals surface area contributed by atoms with Crippen molar-refractivity contribution in [3.63, 3.8) is 0 Å². The van der Waals surface area contributed by atoms with Gasteiger partial charge in [-0.25, -0.2) is 0 Å². The van der Waals surface area contributed by atoms with Crippen molar-refractivity contribution in [3.05, 3.63) is 122 Å². The van der Waals surface area contributed by atoms with Crippen LogP contribution in [0.4, 0.5) is 0 Å². The summed E-state index contributed by atoms with van der Waals surface area (Å²) in [5.74, 6) is -0.993. The Morgan fingerprint density at radius 3 is 0.827 bits per heavy atom. The molecular weight excluding hydrogens is 997 g/mol. The van der Waals surface area contributed by atoms with Gasteiger partial charge in [-0.15, -0.1) is 0 Å². The number of hydrogen-bond donors (Lipinski definition) is 0. The van der Waals surface area contributed by atoms with E-state index >= 15 is 0 Å². The van der Waals surface area contributed by atoms with Crippen molar-refractivity contribution in [2.45, 2.75) is 322 Å². The first-order chi connectivity index (χ1) is 40.0. The predicted molar refractivity (Wildman–Crippen MR) is 353 cm³/mol. The van der Waals surface area contributed by atoms with E-state index in [1.54, 1.807) is 0 Å². The third kappa shape index (κ3) is 66.5. The fourth-order valence-corrected chi connectivity index (χ4v) is 9.35. The van der Waals surface area contributed by atoms with Crippen LogP contribution in [0.25, 0.3) is 0 Å². The molecule has 0 heterocycles. The molecule has 0 aromatic heterocycles. The summed E-state index contributed by atoms with van der Waals surface area (Å²) in [6.07, 6.45) is 95.1. The Bertz CT molecular complexity index is 1670. The molecular formula is C75H126O6. The van der Waals surface area contributed by atoms with Crippen LogP contribution in [0.2, 0.25) is 0 Å². The quantitative estimate of drug-likeness (QED) is 0.0261. The zero-order valence-electron chi connectivity index (χ0n) is 53.0. The van der Waals surface area contributed by atoms with Crippen LogP contribution >= 0.6 is 0 Å². The van der Waals surface area contributed by atoms with Gasteiger partial charge in [-0.3, -0.25) is 14.4 Å². The zero-order chi connectivity index (χ0) is 58.5. The molecule has 1 atom stereocenters. The van der Waals surface area contributed by atoms with E-state index in [1.165, 1.54) is 180 Å². The Hall–Kier alpha value is -4.19. The molecule has 0 saturated carbocycles. The molecule has 0 radical (unpaired) electrons. The highest BCUT2D eigenvalue weighted by Crippen LogP contribution is 2.16. The predicted octanol–water partition coefficient (Wildman–Crippen LogP) is 23.6. The average Bonchev–Trinajstić information content (AvgIpc) is 3.47. The Balaban J connectivity index is 4.44. The smallest absolute Gasteiger partial charge is 0.306 e. The molecule has 6 nitrogen and oxygen atoms in total. The molecule has 0 aliphatic heterocycles. The van der Waals surface area contributed by atoms with Crippen molar-refractivity contribution in [3.8, 4) is 0 Å². The number of esters is 3. The molecule has 462 valence electrons. The van der Waals surface area contributed by atoms with Crippen molar-refractivity contribution in [1.29, 1.82) is 0 Å². The molecule has 6 heteroatoms. The monoisotopic (exact) mass is 1120 g/mol. The van der Waals surface area contributed by atoms with Gasteiger partial charge in [-0.1, -0.05) is 296 Å². The lowest BCUT2D eigenvalue weighted by atomic mass is 10.0. The van der Waals surface area contributed by atoms with Gasteiger partial charge in [0.25, 0.3) is 0 Å². The largest absolute Gasteiger partial charge is 0.462 e. The first kappa shape index (κ1) is 76.8. The van der Waals surface area contributed by atoms with Crippen LogP contribution in [0.5, 0.6) is 0 Å². The Labute approximate surface area is 501 Å². The van der Waals surface area contributed by atoms with Gasteiger partial charge < -0.3 is 14.2 Å². The number of allylic oxidation sites excluding steroid dienone is 20. The number of unbranched alkanes of at least 4 members (excludes halogenated alkanes) is 30.